The third-order valence-electron chi connectivity index (χ3n) is 2.87. The number of nitrogens with two attached hydrogens (primary N) is 1. The van der Waals surface area contributed by atoms with Crippen LogP contribution >= 0.6 is 31.9 Å². The average Bonchev–Trinajstić information content (AvgIpc) is 2.42. The molecular weight excluding hydrogens is 384 g/mol. The van der Waals surface area contributed by atoms with Crippen LogP contribution in [0.15, 0.2) is 51.8 Å². The molecule has 0 aliphatic rings. The highest BCUT2D eigenvalue weighted by Crippen LogP contribution is 2.33. The van der Waals surface area contributed by atoms with Crippen molar-refractivity contribution in [2.45, 2.75) is 0 Å². The van der Waals surface area contributed by atoms with Gasteiger partial charge in [-0.05, 0) is 44.0 Å². The number of para-hydroxylation sites is 1. The number of fused-ring (bicyclic) bond motifs is 1. The summed E-state index contributed by atoms with van der Waals surface area (Å²) in [6.45, 7) is 0. The van der Waals surface area contributed by atoms with Crippen LogP contribution in [0.5, 0.6) is 0 Å². The van der Waals surface area contributed by atoms with E-state index in [-0.39, 0.29) is 0 Å². The van der Waals surface area contributed by atoms with Crippen LogP contribution in [0.2, 0.25) is 0 Å². The van der Waals surface area contributed by atoms with Gasteiger partial charge in [-0.1, -0.05) is 12.1 Å². The number of anilines is 3. The van der Waals surface area contributed by atoms with Crippen LogP contribution in [0.1, 0.15) is 0 Å². The Kier molecular flexibility index (Phi) is 3.58. The third-order valence-corrected chi connectivity index (χ3v) is 3.90. The van der Waals surface area contributed by atoms with Crippen LogP contribution in [0, 0.1) is 0 Å². The molecule has 0 aliphatic carbocycles. The molecule has 2 aromatic heterocycles. The van der Waals surface area contributed by atoms with Crippen LogP contribution in [0.25, 0.3) is 10.9 Å². The molecule has 20 heavy (non-hydrogen) atoms. The number of aromatic nitrogens is 2. The Labute approximate surface area is 132 Å². The van der Waals surface area contributed by atoms with Gasteiger partial charge >= 0.3 is 0 Å². The monoisotopic (exact) mass is 392 g/mol. The summed E-state index contributed by atoms with van der Waals surface area (Å²) in [4.78, 5) is 8.48. The highest BCUT2D eigenvalue weighted by molar-refractivity contribution is 9.10. The standard InChI is InChI=1S/C14H10Br2N4/c15-9-4-8-2-1-3-12(13(8)19-5-9)20-14-10(16)6-18-7-11(14)17/h1-7H,17H2,(H,18,20). The van der Waals surface area contributed by atoms with Crippen molar-refractivity contribution in [3.05, 3.63) is 51.8 Å². The predicted octanol–water partition coefficient (Wildman–Crippen LogP) is 4.48. The Morgan fingerprint density at radius 1 is 1.10 bits per heavy atom. The smallest absolute Gasteiger partial charge is 0.0937 e. The minimum atomic E-state index is 0.577. The second kappa shape index (κ2) is 5.38. The van der Waals surface area contributed by atoms with E-state index in [4.69, 9.17) is 5.73 Å². The normalized spacial score (nSPS) is 10.7. The van der Waals surface area contributed by atoms with Gasteiger partial charge in [-0.15, -0.1) is 0 Å². The first-order valence-corrected chi connectivity index (χ1v) is 7.44. The van der Waals surface area contributed by atoms with Crippen molar-refractivity contribution >= 4 is 59.8 Å². The van der Waals surface area contributed by atoms with Gasteiger partial charge in [0.25, 0.3) is 0 Å². The van der Waals surface area contributed by atoms with Gasteiger partial charge in [-0.3, -0.25) is 9.97 Å². The highest BCUT2D eigenvalue weighted by atomic mass is 79.9. The van der Waals surface area contributed by atoms with Crippen molar-refractivity contribution in [1.82, 2.24) is 9.97 Å². The zero-order chi connectivity index (χ0) is 14.1. The van der Waals surface area contributed by atoms with Crippen molar-refractivity contribution < 1.29 is 0 Å². The summed E-state index contributed by atoms with van der Waals surface area (Å²) in [6.07, 6.45) is 5.09. The molecule has 6 heteroatoms. The summed E-state index contributed by atoms with van der Waals surface area (Å²) >= 11 is 6.88. The fraction of sp³-hybridized carbons (Fsp3) is 0. The quantitative estimate of drug-likeness (QED) is 0.673. The van der Waals surface area contributed by atoms with E-state index in [9.17, 15) is 0 Å². The topological polar surface area (TPSA) is 63.8 Å². The molecule has 3 aromatic rings. The molecule has 0 saturated heterocycles. The first-order valence-electron chi connectivity index (χ1n) is 5.85. The Hall–Kier alpha value is -1.66. The first-order chi connectivity index (χ1) is 9.65. The number of halogens is 2. The van der Waals surface area contributed by atoms with E-state index < -0.39 is 0 Å². The summed E-state index contributed by atoms with van der Waals surface area (Å²) in [7, 11) is 0. The van der Waals surface area contributed by atoms with Crippen molar-refractivity contribution in [2.75, 3.05) is 11.1 Å². The average molecular weight is 394 g/mol. The Balaban J connectivity index is 2.11. The van der Waals surface area contributed by atoms with E-state index >= 15 is 0 Å². The summed E-state index contributed by atoms with van der Waals surface area (Å²) < 4.78 is 1.76. The van der Waals surface area contributed by atoms with E-state index in [0.29, 0.717) is 5.69 Å². The highest BCUT2D eigenvalue weighted by Gasteiger charge is 2.08. The molecule has 0 aliphatic heterocycles. The third kappa shape index (κ3) is 2.48. The molecule has 0 saturated carbocycles. The number of hydrogen-bond acceptors (Lipinski definition) is 4. The summed E-state index contributed by atoms with van der Waals surface area (Å²) in [5, 5.41) is 4.36. The van der Waals surface area contributed by atoms with Crippen LogP contribution in [0.4, 0.5) is 17.1 Å². The summed E-state index contributed by atoms with van der Waals surface area (Å²) in [5.74, 6) is 0. The molecule has 100 valence electrons. The summed E-state index contributed by atoms with van der Waals surface area (Å²) in [6, 6.07) is 7.99. The molecule has 0 spiro atoms. The van der Waals surface area contributed by atoms with Crippen molar-refractivity contribution in [1.29, 1.82) is 0 Å². The largest absolute Gasteiger partial charge is 0.396 e. The number of rotatable bonds is 2. The molecule has 0 unspecified atom stereocenters. The molecule has 0 amide bonds. The SMILES string of the molecule is Nc1cncc(Br)c1Nc1cccc2cc(Br)cnc12. The van der Waals surface area contributed by atoms with Gasteiger partial charge in [0.1, 0.15) is 0 Å². The molecule has 2 heterocycles. The molecule has 3 rings (SSSR count). The fourth-order valence-corrected chi connectivity index (χ4v) is 2.75. The minimum absolute atomic E-state index is 0.577. The van der Waals surface area contributed by atoms with Crippen molar-refractivity contribution in [2.24, 2.45) is 0 Å². The van der Waals surface area contributed by atoms with E-state index in [0.717, 1.165) is 31.2 Å². The number of nitrogen functional groups attached to an aromatic ring is 1. The second-order valence-electron chi connectivity index (χ2n) is 4.24. The van der Waals surface area contributed by atoms with Crippen LogP contribution < -0.4 is 11.1 Å². The second-order valence-corrected chi connectivity index (χ2v) is 6.01. The Morgan fingerprint density at radius 2 is 1.95 bits per heavy atom. The Morgan fingerprint density at radius 3 is 2.75 bits per heavy atom. The number of hydrogen-bond donors (Lipinski definition) is 2. The van der Waals surface area contributed by atoms with E-state index in [2.05, 4.69) is 47.1 Å². The lowest BCUT2D eigenvalue weighted by atomic mass is 10.2. The molecular formula is C14H10Br2N4. The number of pyridine rings is 2. The number of benzene rings is 1. The molecule has 0 bridgehead atoms. The van der Waals surface area contributed by atoms with E-state index in [1.807, 2.05) is 24.3 Å². The molecule has 0 radical (unpaired) electrons. The number of nitrogens with one attached hydrogen (secondary N) is 1. The summed E-state index contributed by atoms with van der Waals surface area (Å²) in [5.41, 5.74) is 9.11. The zero-order valence-corrected chi connectivity index (χ0v) is 13.4. The maximum absolute atomic E-state index is 5.95. The van der Waals surface area contributed by atoms with Crippen LogP contribution in [-0.2, 0) is 0 Å². The maximum Gasteiger partial charge on any atom is 0.0937 e. The van der Waals surface area contributed by atoms with Gasteiger partial charge in [0.15, 0.2) is 0 Å². The molecule has 3 N–H and O–H groups in total. The lowest BCUT2D eigenvalue weighted by Crippen LogP contribution is -1.99. The van der Waals surface area contributed by atoms with Gasteiger partial charge in [0.05, 0.1) is 33.2 Å². The van der Waals surface area contributed by atoms with Crippen LogP contribution in [0.3, 0.4) is 0 Å². The number of nitrogens with zero attached hydrogens (tertiary/aromatic N) is 2. The first kappa shape index (κ1) is 13.3. The van der Waals surface area contributed by atoms with Gasteiger partial charge in [-0.2, -0.15) is 0 Å². The Bertz CT molecular complexity index is 769. The molecule has 4 nitrogen and oxygen atoms in total. The van der Waals surface area contributed by atoms with E-state index in [1.165, 1.54) is 0 Å². The van der Waals surface area contributed by atoms with Gasteiger partial charge < -0.3 is 11.1 Å². The molecule has 1 aromatic carbocycles. The lowest BCUT2D eigenvalue weighted by molar-refractivity contribution is 1.31. The lowest BCUT2D eigenvalue weighted by Gasteiger charge is -2.12. The predicted molar refractivity (Wildman–Crippen MR) is 89.1 cm³/mol. The molecule has 0 fully saturated rings. The van der Waals surface area contributed by atoms with Crippen molar-refractivity contribution in [3.63, 3.8) is 0 Å². The fourth-order valence-electron chi connectivity index (χ4n) is 1.95. The van der Waals surface area contributed by atoms with Gasteiger partial charge in [-0.25, -0.2) is 0 Å². The van der Waals surface area contributed by atoms with Gasteiger partial charge in [0, 0.05) is 22.3 Å². The minimum Gasteiger partial charge on any atom is -0.396 e. The van der Waals surface area contributed by atoms with Gasteiger partial charge in [0.2, 0.25) is 0 Å². The van der Waals surface area contributed by atoms with Crippen molar-refractivity contribution in [3.8, 4) is 0 Å². The van der Waals surface area contributed by atoms with Crippen LogP contribution in [-0.4, -0.2) is 9.97 Å². The molecule has 0 atom stereocenters. The zero-order valence-electron chi connectivity index (χ0n) is 10.3. The maximum atomic E-state index is 5.95. The van der Waals surface area contributed by atoms with E-state index in [1.54, 1.807) is 18.6 Å².